The number of aromatic hydroxyl groups is 1. The maximum absolute atomic E-state index is 10.2. The number of ether oxygens (including phenoxy) is 1. The van der Waals surface area contributed by atoms with E-state index in [4.69, 9.17) is 4.74 Å². The highest BCUT2D eigenvalue weighted by Gasteiger charge is 2.15. The lowest BCUT2D eigenvalue weighted by atomic mass is 9.95. The highest BCUT2D eigenvalue weighted by Crippen LogP contribution is 2.39. The Balaban J connectivity index is 2.14. The van der Waals surface area contributed by atoms with Gasteiger partial charge in [-0.1, -0.05) is 49.0 Å². The average Bonchev–Trinajstić information content (AvgIpc) is 2.54. The van der Waals surface area contributed by atoms with E-state index in [1.54, 1.807) is 6.07 Å². The molecule has 23 heavy (non-hydrogen) atoms. The van der Waals surface area contributed by atoms with E-state index in [0.717, 1.165) is 38.8 Å². The minimum Gasteiger partial charge on any atom is -0.507 e. The highest BCUT2D eigenvalue weighted by atomic mass is 16.5. The molecule has 116 valence electrons. The van der Waals surface area contributed by atoms with Crippen molar-refractivity contribution in [1.82, 2.24) is 0 Å². The zero-order valence-corrected chi connectivity index (χ0v) is 13.5. The average molecular weight is 304 g/mol. The van der Waals surface area contributed by atoms with E-state index < -0.39 is 0 Å². The van der Waals surface area contributed by atoms with Crippen molar-refractivity contribution in [3.05, 3.63) is 77.9 Å². The van der Waals surface area contributed by atoms with Gasteiger partial charge in [-0.3, -0.25) is 0 Å². The summed E-state index contributed by atoms with van der Waals surface area (Å²) in [5.74, 6) is 1.05. The molecule has 0 aliphatic heterocycles. The van der Waals surface area contributed by atoms with Crippen LogP contribution in [0.2, 0.25) is 0 Å². The van der Waals surface area contributed by atoms with Gasteiger partial charge in [0.1, 0.15) is 18.1 Å². The minimum absolute atomic E-state index is 0.267. The molecule has 0 spiro atoms. The SMILES string of the molecule is C=C(C)c1c(C)cc2c(O)cccc2c1OCc1ccccc1. The molecule has 0 saturated heterocycles. The first-order valence-electron chi connectivity index (χ1n) is 7.66. The number of aryl methyl sites for hydroxylation is 1. The second kappa shape index (κ2) is 6.17. The van der Waals surface area contributed by atoms with Crippen molar-refractivity contribution < 1.29 is 9.84 Å². The third-order valence-electron chi connectivity index (χ3n) is 3.96. The minimum atomic E-state index is 0.267. The molecule has 0 heterocycles. The summed E-state index contributed by atoms with van der Waals surface area (Å²) >= 11 is 0. The molecule has 3 aromatic rings. The molecule has 0 radical (unpaired) electrons. The smallest absolute Gasteiger partial charge is 0.135 e. The normalized spacial score (nSPS) is 10.7. The van der Waals surface area contributed by atoms with Crippen molar-refractivity contribution >= 4 is 16.3 Å². The lowest BCUT2D eigenvalue weighted by Gasteiger charge is -2.18. The van der Waals surface area contributed by atoms with E-state index in [0.29, 0.717) is 6.61 Å². The Morgan fingerprint density at radius 3 is 2.48 bits per heavy atom. The van der Waals surface area contributed by atoms with Gasteiger partial charge < -0.3 is 9.84 Å². The van der Waals surface area contributed by atoms with E-state index in [-0.39, 0.29) is 5.75 Å². The predicted molar refractivity (Wildman–Crippen MR) is 95.8 cm³/mol. The molecule has 0 atom stereocenters. The molecule has 0 aliphatic carbocycles. The standard InChI is InChI=1S/C21H20O2/c1-14(2)20-15(3)12-18-17(10-7-11-19(18)22)21(20)23-13-16-8-5-4-6-9-16/h4-12,22H,1,13H2,2-3H3. The molecular formula is C21H20O2. The van der Waals surface area contributed by atoms with E-state index in [1.165, 1.54) is 0 Å². The number of phenolic OH excluding ortho intramolecular Hbond substituents is 1. The maximum atomic E-state index is 10.2. The molecule has 0 bridgehead atoms. The second-order valence-electron chi connectivity index (χ2n) is 5.82. The number of allylic oxidation sites excluding steroid dienone is 1. The van der Waals surface area contributed by atoms with Crippen LogP contribution in [-0.2, 0) is 6.61 Å². The first-order chi connectivity index (χ1) is 11.1. The predicted octanol–water partition coefficient (Wildman–Crippen LogP) is 5.47. The Morgan fingerprint density at radius 1 is 1.04 bits per heavy atom. The van der Waals surface area contributed by atoms with Gasteiger partial charge in [-0.05, 0) is 42.7 Å². The molecule has 0 unspecified atom stereocenters. The number of fused-ring (bicyclic) bond motifs is 1. The molecule has 0 fully saturated rings. The van der Waals surface area contributed by atoms with Crippen molar-refractivity contribution in [1.29, 1.82) is 0 Å². The van der Waals surface area contributed by atoms with Crippen molar-refractivity contribution in [3.8, 4) is 11.5 Å². The second-order valence-corrected chi connectivity index (χ2v) is 5.82. The van der Waals surface area contributed by atoms with Crippen molar-refractivity contribution in [3.63, 3.8) is 0 Å². The van der Waals surface area contributed by atoms with Gasteiger partial charge in [0.25, 0.3) is 0 Å². The van der Waals surface area contributed by atoms with Crippen LogP contribution in [0.5, 0.6) is 11.5 Å². The first-order valence-corrected chi connectivity index (χ1v) is 7.66. The summed E-state index contributed by atoms with van der Waals surface area (Å²) in [4.78, 5) is 0. The van der Waals surface area contributed by atoms with E-state index in [9.17, 15) is 5.11 Å². The quantitative estimate of drug-likeness (QED) is 0.693. The van der Waals surface area contributed by atoms with Crippen LogP contribution in [0.3, 0.4) is 0 Å². The summed E-state index contributed by atoms with van der Waals surface area (Å²) in [6.45, 7) is 8.57. The van der Waals surface area contributed by atoms with Gasteiger partial charge >= 0.3 is 0 Å². The molecule has 1 N–H and O–H groups in total. The summed E-state index contributed by atoms with van der Waals surface area (Å²) in [6.07, 6.45) is 0. The number of phenols is 1. The van der Waals surface area contributed by atoms with Crippen molar-refractivity contribution in [2.45, 2.75) is 20.5 Å². The van der Waals surface area contributed by atoms with Crippen LogP contribution in [-0.4, -0.2) is 5.11 Å². The molecule has 0 saturated carbocycles. The van der Waals surface area contributed by atoms with Gasteiger partial charge in [0.2, 0.25) is 0 Å². The molecule has 3 aromatic carbocycles. The van der Waals surface area contributed by atoms with Crippen LogP contribution in [0.25, 0.3) is 16.3 Å². The fourth-order valence-corrected chi connectivity index (χ4v) is 2.92. The molecule has 0 aliphatic rings. The molecular weight excluding hydrogens is 284 g/mol. The molecule has 2 heteroatoms. The van der Waals surface area contributed by atoms with Gasteiger partial charge in [0.05, 0.1) is 0 Å². The van der Waals surface area contributed by atoms with Crippen LogP contribution in [0, 0.1) is 6.92 Å². The summed E-state index contributed by atoms with van der Waals surface area (Å²) in [7, 11) is 0. The van der Waals surface area contributed by atoms with Crippen LogP contribution in [0.15, 0.2) is 61.2 Å². The summed E-state index contributed by atoms with van der Waals surface area (Å²) in [6, 6.07) is 17.6. The van der Waals surface area contributed by atoms with Gasteiger partial charge in [0, 0.05) is 16.3 Å². The van der Waals surface area contributed by atoms with Gasteiger partial charge in [0.15, 0.2) is 0 Å². The number of hydrogen-bond donors (Lipinski definition) is 1. The maximum Gasteiger partial charge on any atom is 0.135 e. The van der Waals surface area contributed by atoms with E-state index in [1.807, 2.05) is 62.4 Å². The Bertz CT molecular complexity index is 864. The van der Waals surface area contributed by atoms with Crippen molar-refractivity contribution in [2.75, 3.05) is 0 Å². The molecule has 3 rings (SSSR count). The molecule has 0 amide bonds. The lowest BCUT2D eigenvalue weighted by molar-refractivity contribution is 0.309. The van der Waals surface area contributed by atoms with E-state index >= 15 is 0 Å². The highest BCUT2D eigenvalue weighted by molar-refractivity contribution is 5.97. The number of hydrogen-bond acceptors (Lipinski definition) is 2. The third kappa shape index (κ3) is 2.93. The van der Waals surface area contributed by atoms with Crippen LogP contribution >= 0.6 is 0 Å². The monoisotopic (exact) mass is 304 g/mol. The number of rotatable bonds is 4. The molecule has 0 aromatic heterocycles. The fraction of sp³-hybridized carbons (Fsp3) is 0.143. The molecule has 2 nitrogen and oxygen atoms in total. The zero-order chi connectivity index (χ0) is 16.4. The lowest BCUT2D eigenvalue weighted by Crippen LogP contribution is -2.00. The zero-order valence-electron chi connectivity index (χ0n) is 13.5. The summed E-state index contributed by atoms with van der Waals surface area (Å²) in [5, 5.41) is 11.9. The first kappa shape index (κ1) is 15.2. The van der Waals surface area contributed by atoms with Crippen LogP contribution in [0.1, 0.15) is 23.6 Å². The van der Waals surface area contributed by atoms with Gasteiger partial charge in [-0.25, -0.2) is 0 Å². The fourth-order valence-electron chi connectivity index (χ4n) is 2.92. The Morgan fingerprint density at radius 2 is 1.78 bits per heavy atom. The van der Waals surface area contributed by atoms with E-state index in [2.05, 4.69) is 6.58 Å². The summed E-state index contributed by atoms with van der Waals surface area (Å²) in [5.41, 5.74) is 4.12. The van der Waals surface area contributed by atoms with Gasteiger partial charge in [-0.2, -0.15) is 0 Å². The van der Waals surface area contributed by atoms with Crippen LogP contribution in [0.4, 0.5) is 0 Å². The Hall–Kier alpha value is -2.74. The third-order valence-corrected chi connectivity index (χ3v) is 3.96. The largest absolute Gasteiger partial charge is 0.507 e. The summed E-state index contributed by atoms with van der Waals surface area (Å²) < 4.78 is 6.16. The number of benzene rings is 3. The Kier molecular flexibility index (Phi) is 4.07. The Labute approximate surface area is 136 Å². The van der Waals surface area contributed by atoms with Gasteiger partial charge in [-0.15, -0.1) is 0 Å². The van der Waals surface area contributed by atoms with Crippen LogP contribution < -0.4 is 4.74 Å². The van der Waals surface area contributed by atoms with Crippen molar-refractivity contribution in [2.24, 2.45) is 0 Å². The topological polar surface area (TPSA) is 29.5 Å².